The van der Waals surface area contributed by atoms with Gasteiger partial charge in [0.2, 0.25) is 0 Å². The highest BCUT2D eigenvalue weighted by Crippen LogP contribution is 2.18. The normalized spacial score (nSPS) is 18.2. The summed E-state index contributed by atoms with van der Waals surface area (Å²) < 4.78 is 27.9. The molecule has 0 saturated carbocycles. The molecule has 0 bridgehead atoms. The first kappa shape index (κ1) is 19.3. The van der Waals surface area contributed by atoms with E-state index in [0.29, 0.717) is 39.1 Å². The van der Waals surface area contributed by atoms with E-state index in [1.807, 2.05) is 20.8 Å². The van der Waals surface area contributed by atoms with Gasteiger partial charge in [-0.25, -0.2) is 0 Å². The standard InChI is InChI=1S/C12H26O5Si.ClH/c1-4-15-18(16-5-2,17-6-3)9-7-8-13-10-12-11-14-12;/h12H,4-11H2,1-3H3;1H. The summed E-state index contributed by atoms with van der Waals surface area (Å²) in [5.74, 6) is 0. The zero-order chi connectivity index (χ0) is 13.3. The molecule has 1 atom stereocenters. The predicted octanol–water partition coefficient (Wildman–Crippen LogP) is 2.26. The van der Waals surface area contributed by atoms with Crippen LogP contribution in [0.15, 0.2) is 0 Å². The molecule has 116 valence electrons. The van der Waals surface area contributed by atoms with E-state index < -0.39 is 8.80 Å². The first-order chi connectivity index (χ1) is 8.76. The van der Waals surface area contributed by atoms with Crippen molar-refractivity contribution in [3.05, 3.63) is 0 Å². The van der Waals surface area contributed by atoms with E-state index in [4.69, 9.17) is 22.8 Å². The van der Waals surface area contributed by atoms with Gasteiger partial charge in [-0.2, -0.15) is 0 Å². The minimum absolute atomic E-state index is 0. The molecule has 1 unspecified atom stereocenters. The molecule has 1 rings (SSSR count). The molecular weight excluding hydrogens is 288 g/mol. The fourth-order valence-corrected chi connectivity index (χ4v) is 4.35. The Balaban J connectivity index is 0.00000324. The number of rotatable bonds is 12. The van der Waals surface area contributed by atoms with Crippen LogP contribution in [0.25, 0.3) is 0 Å². The second-order valence-electron chi connectivity index (χ2n) is 4.12. The van der Waals surface area contributed by atoms with Gasteiger partial charge in [-0.1, -0.05) is 0 Å². The molecule has 7 heteroatoms. The Hall–Kier alpha value is 0.307. The third-order valence-corrected chi connectivity index (χ3v) is 5.72. The fourth-order valence-electron chi connectivity index (χ4n) is 1.77. The van der Waals surface area contributed by atoms with Crippen molar-refractivity contribution in [2.75, 3.05) is 39.6 Å². The van der Waals surface area contributed by atoms with Crippen LogP contribution in [0.1, 0.15) is 27.2 Å². The molecule has 0 aromatic rings. The van der Waals surface area contributed by atoms with Gasteiger partial charge in [0.05, 0.1) is 13.2 Å². The quantitative estimate of drug-likeness (QED) is 0.314. The number of halogens is 1. The monoisotopic (exact) mass is 314 g/mol. The minimum Gasteiger partial charge on any atom is -0.379 e. The third kappa shape index (κ3) is 8.24. The van der Waals surface area contributed by atoms with Gasteiger partial charge in [0.15, 0.2) is 0 Å². The number of hydrogen-bond donors (Lipinski definition) is 0. The summed E-state index contributed by atoms with van der Waals surface area (Å²) in [7, 11) is -2.47. The molecule has 1 aliphatic rings. The van der Waals surface area contributed by atoms with Gasteiger partial charge in [-0.15, -0.1) is 12.4 Å². The van der Waals surface area contributed by atoms with Gasteiger partial charge < -0.3 is 22.8 Å². The molecule has 5 nitrogen and oxygen atoms in total. The SMILES string of the molecule is CCO[Si](CCCOCC1CO1)(OCC)OCC.Cl. The molecule has 19 heavy (non-hydrogen) atoms. The largest absolute Gasteiger partial charge is 0.501 e. The van der Waals surface area contributed by atoms with Gasteiger partial charge in [-0.3, -0.25) is 0 Å². The first-order valence-electron chi connectivity index (χ1n) is 6.87. The van der Waals surface area contributed by atoms with Crippen LogP contribution in [0.4, 0.5) is 0 Å². The van der Waals surface area contributed by atoms with E-state index in [1.54, 1.807) is 0 Å². The molecular formula is C12H27ClO5Si. The molecule has 0 radical (unpaired) electrons. The van der Waals surface area contributed by atoms with Crippen molar-refractivity contribution in [1.29, 1.82) is 0 Å². The van der Waals surface area contributed by atoms with Crippen molar-refractivity contribution in [1.82, 2.24) is 0 Å². The second-order valence-corrected chi connectivity index (χ2v) is 6.85. The van der Waals surface area contributed by atoms with Gasteiger partial charge in [-0.05, 0) is 27.2 Å². The molecule has 1 fully saturated rings. The van der Waals surface area contributed by atoms with Crippen molar-refractivity contribution in [3.8, 4) is 0 Å². The van der Waals surface area contributed by atoms with Crippen LogP contribution in [0.3, 0.4) is 0 Å². The molecule has 1 heterocycles. The Morgan fingerprint density at radius 3 is 2.00 bits per heavy atom. The summed E-state index contributed by atoms with van der Waals surface area (Å²) >= 11 is 0. The van der Waals surface area contributed by atoms with Crippen LogP contribution in [0.5, 0.6) is 0 Å². The van der Waals surface area contributed by atoms with Crippen LogP contribution < -0.4 is 0 Å². The van der Waals surface area contributed by atoms with Crippen molar-refractivity contribution in [2.45, 2.75) is 39.3 Å². The molecule has 1 aliphatic heterocycles. The predicted molar refractivity (Wildman–Crippen MR) is 77.9 cm³/mol. The Morgan fingerprint density at radius 1 is 1.05 bits per heavy atom. The van der Waals surface area contributed by atoms with Gasteiger partial charge >= 0.3 is 8.80 Å². The highest BCUT2D eigenvalue weighted by molar-refractivity contribution is 6.60. The van der Waals surface area contributed by atoms with Gasteiger partial charge in [0.25, 0.3) is 0 Å². The Labute approximate surface area is 123 Å². The van der Waals surface area contributed by atoms with E-state index in [0.717, 1.165) is 19.1 Å². The molecule has 0 aromatic heterocycles. The summed E-state index contributed by atoms with van der Waals surface area (Å²) in [5.41, 5.74) is 0. The summed E-state index contributed by atoms with van der Waals surface area (Å²) in [4.78, 5) is 0. The maximum absolute atomic E-state index is 5.76. The van der Waals surface area contributed by atoms with E-state index in [1.165, 1.54) is 0 Å². The average molecular weight is 315 g/mol. The summed E-state index contributed by atoms with van der Waals surface area (Å²) in [5, 5.41) is 0. The van der Waals surface area contributed by atoms with Crippen LogP contribution in [0.2, 0.25) is 6.04 Å². The highest BCUT2D eigenvalue weighted by Gasteiger charge is 2.39. The average Bonchev–Trinajstić information content (AvgIpc) is 3.14. The van der Waals surface area contributed by atoms with Gasteiger partial charge in [0.1, 0.15) is 6.10 Å². The van der Waals surface area contributed by atoms with E-state index in [2.05, 4.69) is 0 Å². The fraction of sp³-hybridized carbons (Fsp3) is 1.00. The van der Waals surface area contributed by atoms with E-state index >= 15 is 0 Å². The lowest BCUT2D eigenvalue weighted by Gasteiger charge is -2.28. The Morgan fingerprint density at radius 2 is 1.58 bits per heavy atom. The zero-order valence-electron chi connectivity index (χ0n) is 12.2. The highest BCUT2D eigenvalue weighted by atomic mass is 35.5. The van der Waals surface area contributed by atoms with Crippen LogP contribution in [-0.2, 0) is 22.8 Å². The van der Waals surface area contributed by atoms with Crippen LogP contribution in [-0.4, -0.2) is 54.5 Å². The zero-order valence-corrected chi connectivity index (χ0v) is 14.0. The first-order valence-corrected chi connectivity index (χ1v) is 8.80. The molecule has 0 N–H and O–H groups in total. The number of ether oxygens (including phenoxy) is 2. The molecule has 0 spiro atoms. The third-order valence-electron chi connectivity index (χ3n) is 2.57. The smallest absolute Gasteiger partial charge is 0.379 e. The lowest BCUT2D eigenvalue weighted by molar-refractivity contribution is 0.0648. The van der Waals surface area contributed by atoms with Crippen molar-refractivity contribution in [3.63, 3.8) is 0 Å². The summed E-state index contributed by atoms with van der Waals surface area (Å²) in [6.07, 6.45) is 1.23. The molecule has 0 amide bonds. The number of hydrogen-bond acceptors (Lipinski definition) is 5. The maximum atomic E-state index is 5.76. The topological polar surface area (TPSA) is 49.5 Å². The van der Waals surface area contributed by atoms with Crippen molar-refractivity contribution in [2.24, 2.45) is 0 Å². The van der Waals surface area contributed by atoms with Gasteiger partial charge in [0, 0.05) is 32.5 Å². The minimum atomic E-state index is -2.47. The Bertz CT molecular complexity index is 199. The van der Waals surface area contributed by atoms with Crippen LogP contribution >= 0.6 is 12.4 Å². The lowest BCUT2D eigenvalue weighted by atomic mass is 10.5. The molecule has 0 aliphatic carbocycles. The maximum Gasteiger partial charge on any atom is 0.501 e. The lowest BCUT2D eigenvalue weighted by Crippen LogP contribution is -2.46. The van der Waals surface area contributed by atoms with Crippen molar-refractivity contribution >= 4 is 21.2 Å². The van der Waals surface area contributed by atoms with Crippen molar-refractivity contribution < 1.29 is 22.8 Å². The number of epoxide rings is 1. The second kappa shape index (κ2) is 11.0. The Kier molecular flexibility index (Phi) is 11.2. The summed E-state index contributed by atoms with van der Waals surface area (Å²) in [6.45, 7) is 10.1. The van der Waals surface area contributed by atoms with Crippen LogP contribution in [0, 0.1) is 0 Å². The molecule has 0 aromatic carbocycles. The molecule has 1 saturated heterocycles. The van der Waals surface area contributed by atoms with E-state index in [-0.39, 0.29) is 12.4 Å². The van der Waals surface area contributed by atoms with E-state index in [9.17, 15) is 0 Å². The summed E-state index contributed by atoms with van der Waals surface area (Å²) in [6, 6.07) is 0.814.